The number of hydrogen-bond acceptors (Lipinski definition) is 6. The van der Waals surface area contributed by atoms with E-state index in [9.17, 15) is 22.9 Å². The molecule has 25 heavy (non-hydrogen) atoms. The molecular formula is C17H14N2O5S. The van der Waals surface area contributed by atoms with Crippen LogP contribution in [-0.4, -0.2) is 23.9 Å². The van der Waals surface area contributed by atoms with E-state index in [4.69, 9.17) is 11.5 Å². The number of aromatic hydroxyl groups is 1. The normalized spacial score (nSPS) is 11.6. The number of carbonyl (C=O) groups excluding carboxylic acids is 1. The average molecular weight is 358 g/mol. The molecule has 0 fully saturated rings. The highest BCUT2D eigenvalue weighted by Gasteiger charge is 2.20. The Kier molecular flexibility index (Phi) is 3.86. The van der Waals surface area contributed by atoms with Gasteiger partial charge in [0.1, 0.15) is 10.6 Å². The van der Waals surface area contributed by atoms with E-state index < -0.39 is 26.5 Å². The van der Waals surface area contributed by atoms with E-state index in [2.05, 4.69) is 0 Å². The molecule has 128 valence electrons. The van der Waals surface area contributed by atoms with Crippen LogP contribution in [-0.2, 0) is 10.1 Å². The third-order valence-electron chi connectivity index (χ3n) is 3.86. The molecule has 0 aromatic heterocycles. The maximum absolute atomic E-state index is 12.6. The molecule has 0 unspecified atom stereocenters. The standard InChI is InChI=1S/C17H14N2O5S/c18-13-4-2-1-3-12(13)16(20)9-5-6-11-10(7-9)8-14(25(22,23)24)15(19)17(11)21/h1-8,21H,18-19H2,(H,22,23,24). The van der Waals surface area contributed by atoms with Gasteiger partial charge in [0.05, 0.1) is 5.69 Å². The fourth-order valence-electron chi connectivity index (χ4n) is 2.59. The van der Waals surface area contributed by atoms with Crippen molar-refractivity contribution in [2.24, 2.45) is 0 Å². The van der Waals surface area contributed by atoms with Gasteiger partial charge in [0.15, 0.2) is 5.78 Å². The van der Waals surface area contributed by atoms with Crippen molar-refractivity contribution in [1.29, 1.82) is 0 Å². The second kappa shape index (κ2) is 5.76. The second-order valence-electron chi connectivity index (χ2n) is 5.46. The Bertz CT molecular complexity index is 1120. The number of carbonyl (C=O) groups is 1. The fraction of sp³-hybridized carbons (Fsp3) is 0. The first-order chi connectivity index (χ1) is 11.7. The highest BCUT2D eigenvalue weighted by atomic mass is 32.2. The van der Waals surface area contributed by atoms with E-state index in [1.165, 1.54) is 18.2 Å². The van der Waals surface area contributed by atoms with Gasteiger partial charge in [-0.1, -0.05) is 18.2 Å². The van der Waals surface area contributed by atoms with Gasteiger partial charge < -0.3 is 16.6 Å². The van der Waals surface area contributed by atoms with Crippen molar-refractivity contribution in [3.05, 3.63) is 59.7 Å². The van der Waals surface area contributed by atoms with Crippen LogP contribution < -0.4 is 11.5 Å². The van der Waals surface area contributed by atoms with Crippen LogP contribution in [0.5, 0.6) is 5.75 Å². The zero-order chi connectivity index (χ0) is 18.4. The van der Waals surface area contributed by atoms with E-state index >= 15 is 0 Å². The van der Waals surface area contributed by atoms with Crippen LogP contribution in [0.15, 0.2) is 53.4 Å². The summed E-state index contributed by atoms with van der Waals surface area (Å²) in [5.74, 6) is -0.840. The molecule has 0 radical (unpaired) electrons. The molecule has 0 bridgehead atoms. The van der Waals surface area contributed by atoms with E-state index in [0.29, 0.717) is 11.3 Å². The molecule has 0 aliphatic heterocycles. The third kappa shape index (κ3) is 2.88. The molecule has 0 spiro atoms. The number of hydrogen-bond donors (Lipinski definition) is 4. The van der Waals surface area contributed by atoms with Gasteiger partial charge in [-0.15, -0.1) is 0 Å². The third-order valence-corrected chi connectivity index (χ3v) is 4.75. The van der Waals surface area contributed by atoms with Gasteiger partial charge in [-0.3, -0.25) is 9.35 Å². The largest absolute Gasteiger partial charge is 0.505 e. The van der Waals surface area contributed by atoms with Gasteiger partial charge in [-0.25, -0.2) is 0 Å². The number of benzene rings is 3. The summed E-state index contributed by atoms with van der Waals surface area (Å²) >= 11 is 0. The van der Waals surface area contributed by atoms with Crippen molar-refractivity contribution < 1.29 is 22.9 Å². The van der Waals surface area contributed by atoms with Crippen LogP contribution in [0.25, 0.3) is 10.8 Å². The number of rotatable bonds is 3. The summed E-state index contributed by atoms with van der Waals surface area (Å²) in [7, 11) is -4.63. The minimum absolute atomic E-state index is 0.236. The maximum atomic E-state index is 12.6. The van der Waals surface area contributed by atoms with E-state index in [1.807, 2.05) is 0 Å². The Morgan fingerprint density at radius 1 is 1.00 bits per heavy atom. The SMILES string of the molecule is Nc1ccccc1C(=O)c1ccc2c(O)c(N)c(S(=O)(=O)O)cc2c1. The quantitative estimate of drug-likeness (QED) is 0.243. The summed E-state index contributed by atoms with van der Waals surface area (Å²) in [5, 5.41) is 10.6. The predicted molar refractivity (Wildman–Crippen MR) is 94.1 cm³/mol. The van der Waals surface area contributed by atoms with Gasteiger partial charge in [0.25, 0.3) is 10.1 Å². The number of nitrogen functional groups attached to an aromatic ring is 2. The highest BCUT2D eigenvalue weighted by molar-refractivity contribution is 7.86. The van der Waals surface area contributed by atoms with Gasteiger partial charge in [0, 0.05) is 22.2 Å². The first kappa shape index (κ1) is 16.7. The molecule has 0 heterocycles. The lowest BCUT2D eigenvalue weighted by atomic mass is 9.98. The van der Waals surface area contributed by atoms with Gasteiger partial charge in [-0.05, 0) is 35.7 Å². The molecular weight excluding hydrogens is 344 g/mol. The van der Waals surface area contributed by atoms with Crippen LogP contribution in [0.1, 0.15) is 15.9 Å². The fourth-order valence-corrected chi connectivity index (χ4v) is 3.24. The number of nitrogens with two attached hydrogens (primary N) is 2. The number of para-hydroxylation sites is 1. The van der Waals surface area contributed by atoms with Gasteiger partial charge >= 0.3 is 0 Å². The smallest absolute Gasteiger partial charge is 0.296 e. The van der Waals surface area contributed by atoms with Crippen LogP contribution >= 0.6 is 0 Å². The first-order valence-electron chi connectivity index (χ1n) is 7.12. The van der Waals surface area contributed by atoms with Gasteiger partial charge in [0.2, 0.25) is 0 Å². The highest BCUT2D eigenvalue weighted by Crippen LogP contribution is 2.36. The van der Waals surface area contributed by atoms with Crippen LogP contribution in [0, 0.1) is 0 Å². The molecule has 0 saturated carbocycles. The number of phenols is 1. The summed E-state index contributed by atoms with van der Waals surface area (Å²) in [6, 6.07) is 12.0. The monoisotopic (exact) mass is 358 g/mol. The van der Waals surface area contributed by atoms with E-state index in [1.54, 1.807) is 24.3 Å². The number of phenolic OH excluding ortho intramolecular Hbond substituents is 1. The predicted octanol–water partition coefficient (Wildman–Crippen LogP) is 2.19. The molecule has 0 amide bonds. The Hall–Kier alpha value is -3.10. The molecule has 3 aromatic rings. The summed E-state index contributed by atoms with van der Waals surface area (Å²) in [4.78, 5) is 12.0. The lowest BCUT2D eigenvalue weighted by Crippen LogP contribution is -2.06. The molecule has 0 aliphatic carbocycles. The van der Waals surface area contributed by atoms with Crippen LogP contribution in [0.3, 0.4) is 0 Å². The minimum Gasteiger partial charge on any atom is -0.505 e. The van der Waals surface area contributed by atoms with Gasteiger partial charge in [-0.2, -0.15) is 8.42 Å². The van der Waals surface area contributed by atoms with Crippen LogP contribution in [0.2, 0.25) is 0 Å². The molecule has 3 rings (SSSR count). The summed E-state index contributed by atoms with van der Waals surface area (Å²) in [6.07, 6.45) is 0. The first-order valence-corrected chi connectivity index (χ1v) is 8.56. The molecule has 6 N–H and O–H groups in total. The molecule has 7 nitrogen and oxygen atoms in total. The number of anilines is 2. The molecule has 0 aliphatic rings. The molecule has 3 aromatic carbocycles. The van der Waals surface area contributed by atoms with E-state index in [-0.39, 0.29) is 22.1 Å². The van der Waals surface area contributed by atoms with Crippen LogP contribution in [0.4, 0.5) is 11.4 Å². The average Bonchev–Trinajstić information content (AvgIpc) is 2.56. The Morgan fingerprint density at radius 2 is 1.68 bits per heavy atom. The molecule has 0 saturated heterocycles. The molecule has 0 atom stereocenters. The topological polar surface area (TPSA) is 144 Å². The summed E-state index contributed by atoms with van der Waals surface area (Å²) in [6.45, 7) is 0. The summed E-state index contributed by atoms with van der Waals surface area (Å²) < 4.78 is 32.1. The van der Waals surface area contributed by atoms with E-state index in [0.717, 1.165) is 6.07 Å². The Balaban J connectivity index is 2.22. The molecule has 8 heteroatoms. The second-order valence-corrected chi connectivity index (χ2v) is 6.85. The Labute approximate surface area is 143 Å². The summed E-state index contributed by atoms with van der Waals surface area (Å²) in [5.41, 5.74) is 11.8. The Morgan fingerprint density at radius 3 is 2.32 bits per heavy atom. The van der Waals surface area contributed by atoms with Crippen molar-refractivity contribution in [2.45, 2.75) is 4.90 Å². The lowest BCUT2D eigenvalue weighted by Gasteiger charge is -2.10. The minimum atomic E-state index is -4.63. The zero-order valence-corrected chi connectivity index (χ0v) is 13.6. The lowest BCUT2D eigenvalue weighted by molar-refractivity contribution is 0.103. The van der Waals surface area contributed by atoms with Crippen molar-refractivity contribution in [3.8, 4) is 5.75 Å². The van der Waals surface area contributed by atoms with Crippen molar-refractivity contribution >= 4 is 38.0 Å². The number of ketones is 1. The van der Waals surface area contributed by atoms with Crippen molar-refractivity contribution in [2.75, 3.05) is 11.5 Å². The number of fused-ring (bicyclic) bond motifs is 1. The zero-order valence-electron chi connectivity index (χ0n) is 12.8. The van der Waals surface area contributed by atoms with Crippen molar-refractivity contribution in [1.82, 2.24) is 0 Å². The van der Waals surface area contributed by atoms with Crippen molar-refractivity contribution in [3.63, 3.8) is 0 Å². The maximum Gasteiger partial charge on any atom is 0.296 e.